The monoisotopic (exact) mass is 561 g/mol. The maximum absolute atomic E-state index is 4.86. The first kappa shape index (κ1) is 25.0. The highest BCUT2D eigenvalue weighted by Crippen LogP contribution is 2.33. The summed E-state index contributed by atoms with van der Waals surface area (Å²) >= 11 is 2.26. The van der Waals surface area contributed by atoms with Gasteiger partial charge in [0.15, 0.2) is 0 Å². The summed E-state index contributed by atoms with van der Waals surface area (Å²) < 4.78 is 3.27. The van der Waals surface area contributed by atoms with Gasteiger partial charge in [-0.1, -0.05) is 37.3 Å². The molecule has 1 aromatic carbocycles. The van der Waals surface area contributed by atoms with Crippen LogP contribution in [0.2, 0.25) is 0 Å². The Morgan fingerprint density at radius 3 is 2.85 bits per heavy atom. The molecule has 0 saturated carbocycles. The van der Waals surface area contributed by atoms with Crippen molar-refractivity contribution in [3.05, 3.63) is 65.0 Å². The van der Waals surface area contributed by atoms with E-state index in [9.17, 15) is 0 Å². The number of nitrogens with one attached hydrogen (secondary N) is 2. The Kier molecular flexibility index (Phi) is 9.97. The van der Waals surface area contributed by atoms with E-state index in [-0.39, 0.29) is 0 Å². The van der Waals surface area contributed by atoms with Crippen molar-refractivity contribution in [2.45, 2.75) is 64.1 Å². The SMILES string of the molecule is CCc1ccc(CN2CCN[C@H](CN(CCCCNI)[C@H]3CCCc4cccnc43)C2)cc1. The molecule has 2 heterocycles. The lowest BCUT2D eigenvalue weighted by atomic mass is 9.90. The van der Waals surface area contributed by atoms with Gasteiger partial charge in [0.1, 0.15) is 0 Å². The van der Waals surface area contributed by atoms with Crippen LogP contribution in [0.4, 0.5) is 0 Å². The Bertz CT molecular complexity index is 843. The van der Waals surface area contributed by atoms with E-state index >= 15 is 0 Å². The Labute approximate surface area is 214 Å². The third-order valence-electron chi connectivity index (χ3n) is 7.20. The number of aromatic nitrogens is 1. The number of fused-ring (bicyclic) bond motifs is 1. The van der Waals surface area contributed by atoms with E-state index in [1.165, 1.54) is 54.5 Å². The summed E-state index contributed by atoms with van der Waals surface area (Å²) in [5, 5.41) is 3.83. The van der Waals surface area contributed by atoms with E-state index in [2.05, 4.69) is 84.8 Å². The summed E-state index contributed by atoms with van der Waals surface area (Å²) in [6.45, 7) is 9.92. The van der Waals surface area contributed by atoms with Crippen molar-refractivity contribution >= 4 is 22.9 Å². The zero-order valence-electron chi connectivity index (χ0n) is 20.1. The molecule has 4 rings (SSSR count). The molecule has 1 saturated heterocycles. The van der Waals surface area contributed by atoms with Crippen LogP contribution >= 0.6 is 22.9 Å². The van der Waals surface area contributed by atoms with Gasteiger partial charge in [0, 0.05) is 74.4 Å². The third kappa shape index (κ3) is 7.21. The molecule has 180 valence electrons. The second-order valence-electron chi connectivity index (χ2n) is 9.60. The number of unbranched alkanes of at least 4 members (excludes halogenated alkanes) is 1. The molecular formula is C27H40IN5. The highest BCUT2D eigenvalue weighted by molar-refractivity contribution is 14.1. The molecule has 2 aromatic rings. The van der Waals surface area contributed by atoms with Gasteiger partial charge in [-0.3, -0.25) is 18.3 Å². The third-order valence-corrected chi connectivity index (χ3v) is 7.74. The summed E-state index contributed by atoms with van der Waals surface area (Å²) in [5.74, 6) is 0. The number of benzene rings is 1. The van der Waals surface area contributed by atoms with Crippen molar-refractivity contribution in [2.24, 2.45) is 0 Å². The fourth-order valence-corrected chi connectivity index (χ4v) is 5.78. The van der Waals surface area contributed by atoms with Crippen LogP contribution < -0.4 is 8.85 Å². The predicted octanol–water partition coefficient (Wildman–Crippen LogP) is 4.52. The van der Waals surface area contributed by atoms with Crippen LogP contribution in [0.3, 0.4) is 0 Å². The highest BCUT2D eigenvalue weighted by atomic mass is 127. The van der Waals surface area contributed by atoms with Crippen molar-refractivity contribution < 1.29 is 0 Å². The van der Waals surface area contributed by atoms with E-state index in [0.717, 1.165) is 52.2 Å². The molecule has 1 aliphatic carbocycles. The maximum atomic E-state index is 4.86. The van der Waals surface area contributed by atoms with Crippen molar-refractivity contribution in [3.8, 4) is 0 Å². The van der Waals surface area contributed by atoms with Crippen LogP contribution in [0.25, 0.3) is 0 Å². The molecule has 0 bridgehead atoms. The summed E-state index contributed by atoms with van der Waals surface area (Å²) in [5.41, 5.74) is 5.65. The number of nitrogens with zero attached hydrogens (tertiary/aromatic N) is 3. The molecule has 1 aliphatic heterocycles. The van der Waals surface area contributed by atoms with Crippen molar-refractivity contribution in [2.75, 3.05) is 39.3 Å². The van der Waals surface area contributed by atoms with E-state index in [1.54, 1.807) is 0 Å². The molecule has 33 heavy (non-hydrogen) atoms. The highest BCUT2D eigenvalue weighted by Gasteiger charge is 2.30. The fourth-order valence-electron chi connectivity index (χ4n) is 5.40. The van der Waals surface area contributed by atoms with E-state index in [1.807, 2.05) is 6.20 Å². The number of rotatable bonds is 11. The molecule has 0 amide bonds. The lowest BCUT2D eigenvalue weighted by Gasteiger charge is -2.40. The molecule has 0 spiro atoms. The predicted molar refractivity (Wildman–Crippen MR) is 146 cm³/mol. The van der Waals surface area contributed by atoms with Gasteiger partial charge < -0.3 is 5.32 Å². The second-order valence-corrected chi connectivity index (χ2v) is 10.4. The minimum atomic E-state index is 0.460. The fraction of sp³-hybridized carbons (Fsp3) is 0.593. The second kappa shape index (κ2) is 13.1. The van der Waals surface area contributed by atoms with Crippen LogP contribution in [-0.2, 0) is 19.4 Å². The minimum Gasteiger partial charge on any atom is -0.310 e. The van der Waals surface area contributed by atoms with E-state index < -0.39 is 0 Å². The Hall–Kier alpha value is -1.06. The molecule has 2 aliphatic rings. The number of halogens is 1. The van der Waals surface area contributed by atoms with Gasteiger partial charge in [-0.15, -0.1) is 0 Å². The van der Waals surface area contributed by atoms with Gasteiger partial charge in [-0.05, 0) is 67.8 Å². The average molecular weight is 562 g/mol. The quantitative estimate of drug-likeness (QED) is 0.240. The zero-order chi connectivity index (χ0) is 22.9. The first-order chi connectivity index (χ1) is 16.3. The summed E-state index contributed by atoms with van der Waals surface area (Å²) in [4.78, 5) is 10.2. The smallest absolute Gasteiger partial charge is 0.0607 e. The Morgan fingerprint density at radius 2 is 2.03 bits per heavy atom. The lowest BCUT2D eigenvalue weighted by Crippen LogP contribution is -2.55. The minimum absolute atomic E-state index is 0.460. The number of hydrogen-bond acceptors (Lipinski definition) is 5. The van der Waals surface area contributed by atoms with Crippen LogP contribution in [0, 0.1) is 0 Å². The van der Waals surface area contributed by atoms with Crippen LogP contribution in [0.5, 0.6) is 0 Å². The van der Waals surface area contributed by atoms with Crippen LogP contribution in [-0.4, -0.2) is 60.1 Å². The van der Waals surface area contributed by atoms with E-state index in [4.69, 9.17) is 4.98 Å². The number of piperazine rings is 1. The van der Waals surface area contributed by atoms with Crippen molar-refractivity contribution in [3.63, 3.8) is 0 Å². The summed E-state index contributed by atoms with van der Waals surface area (Å²) in [6, 6.07) is 14.6. The van der Waals surface area contributed by atoms with Gasteiger partial charge in [-0.25, -0.2) is 0 Å². The molecule has 0 radical (unpaired) electrons. The van der Waals surface area contributed by atoms with Gasteiger partial charge in [0.2, 0.25) is 0 Å². The average Bonchev–Trinajstić information content (AvgIpc) is 2.86. The summed E-state index contributed by atoms with van der Waals surface area (Å²) in [7, 11) is 0. The lowest BCUT2D eigenvalue weighted by molar-refractivity contribution is 0.116. The molecular weight excluding hydrogens is 521 g/mol. The van der Waals surface area contributed by atoms with Crippen LogP contribution in [0.15, 0.2) is 42.6 Å². The first-order valence-corrected chi connectivity index (χ1v) is 13.9. The largest absolute Gasteiger partial charge is 0.310 e. The van der Waals surface area contributed by atoms with Crippen molar-refractivity contribution in [1.82, 2.24) is 23.6 Å². The van der Waals surface area contributed by atoms with E-state index in [0.29, 0.717) is 12.1 Å². The standard InChI is InChI=1S/C27H40IN5/c1-2-22-10-12-23(13-11-22)19-32-18-16-29-25(20-32)21-33(17-4-3-15-31-28)26-9-5-7-24-8-6-14-30-27(24)26/h6,8,10-14,25-26,29,31H,2-5,7,9,15-21H2,1H3/t25-,26-/m0/s1. The van der Waals surface area contributed by atoms with Gasteiger partial charge in [0.25, 0.3) is 0 Å². The first-order valence-electron chi connectivity index (χ1n) is 12.8. The molecule has 2 atom stereocenters. The molecule has 5 nitrogen and oxygen atoms in total. The maximum Gasteiger partial charge on any atom is 0.0607 e. The Balaban J connectivity index is 1.40. The molecule has 0 unspecified atom stereocenters. The Morgan fingerprint density at radius 1 is 1.18 bits per heavy atom. The molecule has 6 heteroatoms. The van der Waals surface area contributed by atoms with Gasteiger partial charge in [0.05, 0.1) is 11.7 Å². The molecule has 1 fully saturated rings. The van der Waals surface area contributed by atoms with Crippen LogP contribution in [0.1, 0.15) is 61.0 Å². The number of hydrogen-bond donors (Lipinski definition) is 2. The van der Waals surface area contributed by atoms with Gasteiger partial charge in [-0.2, -0.15) is 0 Å². The number of aryl methyl sites for hydroxylation is 2. The molecule has 2 N–H and O–H groups in total. The number of pyridine rings is 1. The van der Waals surface area contributed by atoms with Gasteiger partial charge >= 0.3 is 0 Å². The molecule has 1 aromatic heterocycles. The normalized spacial score (nSPS) is 21.3. The topological polar surface area (TPSA) is 43.4 Å². The summed E-state index contributed by atoms with van der Waals surface area (Å²) in [6.07, 6.45) is 9.23. The zero-order valence-corrected chi connectivity index (χ0v) is 22.3. The van der Waals surface area contributed by atoms with Crippen molar-refractivity contribution in [1.29, 1.82) is 0 Å².